The summed E-state index contributed by atoms with van der Waals surface area (Å²) in [5.74, 6) is -1.64. The van der Waals surface area contributed by atoms with Crippen LogP contribution < -0.4 is 16.4 Å². The van der Waals surface area contributed by atoms with Gasteiger partial charge in [0.2, 0.25) is 0 Å². The van der Waals surface area contributed by atoms with Crippen molar-refractivity contribution < 1.29 is 22.4 Å². The van der Waals surface area contributed by atoms with Crippen molar-refractivity contribution in [2.24, 2.45) is 11.7 Å². The van der Waals surface area contributed by atoms with Gasteiger partial charge < -0.3 is 16.4 Å². The quantitative estimate of drug-likeness (QED) is 0.118. The second-order valence-electron chi connectivity index (χ2n) is 10.0. The van der Waals surface area contributed by atoms with Gasteiger partial charge in [-0.3, -0.25) is 10.2 Å². The molecule has 1 saturated carbocycles. The third kappa shape index (κ3) is 6.31. The molecule has 0 bridgehead atoms. The van der Waals surface area contributed by atoms with Gasteiger partial charge in [-0.15, -0.1) is 0 Å². The number of nitrogen functional groups attached to an aromatic ring is 1. The van der Waals surface area contributed by atoms with Gasteiger partial charge in [0.25, 0.3) is 5.91 Å². The molecule has 1 fully saturated rings. The smallest absolute Gasteiger partial charge is 0.384 e. The topological polar surface area (TPSA) is 133 Å². The van der Waals surface area contributed by atoms with Gasteiger partial charge in [0.15, 0.2) is 5.69 Å². The molecule has 214 valence electrons. The van der Waals surface area contributed by atoms with Gasteiger partial charge in [-0.05, 0) is 72.8 Å². The van der Waals surface area contributed by atoms with E-state index in [4.69, 9.17) is 11.1 Å². The third-order valence-electron chi connectivity index (χ3n) is 6.86. The molecule has 1 aromatic heterocycles. The van der Waals surface area contributed by atoms with Crippen molar-refractivity contribution in [1.29, 1.82) is 10.7 Å². The summed E-state index contributed by atoms with van der Waals surface area (Å²) in [6.45, 7) is 0.694. The van der Waals surface area contributed by atoms with Crippen molar-refractivity contribution in [3.8, 4) is 11.8 Å². The van der Waals surface area contributed by atoms with E-state index in [0.29, 0.717) is 29.7 Å². The molecule has 1 aliphatic carbocycles. The van der Waals surface area contributed by atoms with Gasteiger partial charge in [0.1, 0.15) is 17.3 Å². The number of carbonyl (C=O) groups excluding carboxylic acids is 1. The van der Waals surface area contributed by atoms with E-state index in [1.165, 1.54) is 36.4 Å². The minimum absolute atomic E-state index is 0.0549. The number of amidine groups is 1. The van der Waals surface area contributed by atoms with Gasteiger partial charge in [-0.2, -0.15) is 23.5 Å². The van der Waals surface area contributed by atoms with E-state index in [2.05, 4.69) is 21.8 Å². The van der Waals surface area contributed by atoms with E-state index in [1.807, 2.05) is 6.07 Å². The number of hydrogen-bond donors (Lipinski definition) is 4. The number of alkyl halides is 3. The maximum absolute atomic E-state index is 15.0. The van der Waals surface area contributed by atoms with E-state index in [1.54, 1.807) is 24.3 Å². The number of carbonyl (C=O) groups is 1. The second kappa shape index (κ2) is 11.5. The summed E-state index contributed by atoms with van der Waals surface area (Å²) in [7, 11) is 0. The predicted octanol–water partition coefficient (Wildman–Crippen LogP) is 5.53. The molecule has 1 atom stereocenters. The van der Waals surface area contributed by atoms with Crippen LogP contribution in [0, 0.1) is 28.5 Å². The number of nitrogens with two attached hydrogens (primary N) is 1. The Morgan fingerprint density at radius 2 is 1.83 bits per heavy atom. The lowest BCUT2D eigenvalue weighted by atomic mass is 9.96. The molecular weight excluding hydrogens is 550 g/mol. The van der Waals surface area contributed by atoms with Crippen LogP contribution in [0.5, 0.6) is 0 Å². The highest BCUT2D eigenvalue weighted by atomic mass is 19.4. The van der Waals surface area contributed by atoms with Gasteiger partial charge >= 0.3 is 6.18 Å². The van der Waals surface area contributed by atoms with Crippen LogP contribution in [0.3, 0.4) is 0 Å². The summed E-state index contributed by atoms with van der Waals surface area (Å²) in [6, 6.07) is 19.0. The summed E-state index contributed by atoms with van der Waals surface area (Å²) < 4.78 is 56.6. The fourth-order valence-corrected chi connectivity index (χ4v) is 4.51. The maximum Gasteiger partial charge on any atom is 0.435 e. The Bertz CT molecular complexity index is 1700. The summed E-state index contributed by atoms with van der Waals surface area (Å²) in [4.78, 5) is 13.4. The van der Waals surface area contributed by atoms with Gasteiger partial charge in [-0.1, -0.05) is 30.3 Å². The zero-order valence-corrected chi connectivity index (χ0v) is 22.0. The molecule has 42 heavy (non-hydrogen) atoms. The fraction of sp³-hybridized carbons (Fsp3) is 0.200. The summed E-state index contributed by atoms with van der Waals surface area (Å²) in [6.07, 6.45) is -2.68. The molecule has 1 unspecified atom stereocenters. The molecule has 0 radical (unpaired) electrons. The Balaban J connectivity index is 1.50. The second-order valence-corrected chi connectivity index (χ2v) is 10.0. The zero-order valence-electron chi connectivity index (χ0n) is 22.0. The van der Waals surface area contributed by atoms with Gasteiger partial charge in [0.05, 0.1) is 29.0 Å². The number of nitriles is 1. The molecule has 12 heteroatoms. The van der Waals surface area contributed by atoms with Crippen LogP contribution in [0.1, 0.15) is 57.3 Å². The first kappa shape index (κ1) is 28.5. The number of hydrogen-bond acceptors (Lipinski definition) is 5. The molecular formula is C30H25F4N7O. The largest absolute Gasteiger partial charge is 0.435 e. The minimum atomic E-state index is -4.86. The van der Waals surface area contributed by atoms with Gasteiger partial charge in [0, 0.05) is 11.6 Å². The number of nitrogens with zero attached hydrogens (tertiary/aromatic N) is 3. The maximum atomic E-state index is 15.0. The number of halogens is 4. The Kier molecular flexibility index (Phi) is 7.78. The highest BCUT2D eigenvalue weighted by molar-refractivity contribution is 6.04. The summed E-state index contributed by atoms with van der Waals surface area (Å²) in [5, 5.41) is 26.4. The Morgan fingerprint density at radius 1 is 1.10 bits per heavy atom. The summed E-state index contributed by atoms with van der Waals surface area (Å²) in [5.41, 5.74) is 5.52. The van der Waals surface area contributed by atoms with Crippen LogP contribution in [-0.2, 0) is 6.18 Å². The standard InChI is InChI=1S/C30H25F4N7O/c31-23-10-9-20(27(38-16-17-7-8-17)19-4-1-3-18(11-19)15-35)13-24(23)39-29(42)25-14-26(30(32,33)34)40-41(25)22-6-2-5-21(12-22)28(36)37/h1-6,9-14,17,27,38H,7-8,16H2,(H3,36,37)(H,39,42). The lowest BCUT2D eigenvalue weighted by Crippen LogP contribution is -2.25. The first-order chi connectivity index (χ1) is 20.0. The van der Waals surface area contributed by atoms with E-state index in [-0.39, 0.29) is 22.8 Å². The van der Waals surface area contributed by atoms with Crippen LogP contribution in [-0.4, -0.2) is 28.1 Å². The number of benzene rings is 3. The van der Waals surface area contributed by atoms with Crippen molar-refractivity contribution in [2.75, 3.05) is 11.9 Å². The van der Waals surface area contributed by atoms with Crippen LogP contribution in [0.4, 0.5) is 23.2 Å². The van der Waals surface area contributed by atoms with E-state index in [9.17, 15) is 27.6 Å². The monoisotopic (exact) mass is 575 g/mol. The number of anilines is 1. The number of aromatic nitrogens is 2. The van der Waals surface area contributed by atoms with E-state index >= 15 is 0 Å². The average Bonchev–Trinajstić information content (AvgIpc) is 3.68. The summed E-state index contributed by atoms with van der Waals surface area (Å²) >= 11 is 0. The molecule has 0 aliphatic heterocycles. The van der Waals surface area contributed by atoms with Crippen molar-refractivity contribution in [1.82, 2.24) is 15.1 Å². The molecule has 1 aliphatic rings. The number of nitrogens with one attached hydrogen (secondary N) is 3. The molecule has 5 rings (SSSR count). The number of rotatable bonds is 9. The Hall–Kier alpha value is -5.02. The number of amides is 1. The molecule has 0 spiro atoms. The van der Waals surface area contributed by atoms with Crippen LogP contribution in [0.2, 0.25) is 0 Å². The van der Waals surface area contributed by atoms with Crippen molar-refractivity contribution in [3.05, 3.63) is 112 Å². The highest BCUT2D eigenvalue weighted by Gasteiger charge is 2.36. The average molecular weight is 576 g/mol. The molecule has 8 nitrogen and oxygen atoms in total. The van der Waals surface area contributed by atoms with Crippen molar-refractivity contribution in [2.45, 2.75) is 25.1 Å². The molecule has 5 N–H and O–H groups in total. The molecule has 4 aromatic rings. The van der Waals surface area contributed by atoms with Crippen molar-refractivity contribution >= 4 is 17.4 Å². The molecule has 0 saturated heterocycles. The van der Waals surface area contributed by atoms with Gasteiger partial charge in [-0.25, -0.2) is 9.07 Å². The molecule has 3 aromatic carbocycles. The van der Waals surface area contributed by atoms with Crippen LogP contribution >= 0.6 is 0 Å². The zero-order chi connectivity index (χ0) is 30.0. The van der Waals surface area contributed by atoms with E-state index < -0.39 is 35.3 Å². The normalized spacial score (nSPS) is 13.8. The lowest BCUT2D eigenvalue weighted by molar-refractivity contribution is -0.141. The Labute approximate surface area is 238 Å². The predicted molar refractivity (Wildman–Crippen MR) is 148 cm³/mol. The SMILES string of the molecule is N#Cc1cccc(C(NCC2CC2)c2ccc(F)c(NC(=O)c3cc(C(F)(F)F)nn3-c3cccc(C(=N)N)c3)c2)c1. The fourth-order valence-electron chi connectivity index (χ4n) is 4.51. The van der Waals surface area contributed by atoms with Crippen LogP contribution in [0.15, 0.2) is 72.8 Å². The minimum Gasteiger partial charge on any atom is -0.384 e. The highest BCUT2D eigenvalue weighted by Crippen LogP contribution is 2.33. The Morgan fingerprint density at radius 3 is 2.52 bits per heavy atom. The first-order valence-electron chi connectivity index (χ1n) is 13.0. The first-order valence-corrected chi connectivity index (χ1v) is 13.0. The lowest BCUT2D eigenvalue weighted by Gasteiger charge is -2.21. The third-order valence-corrected chi connectivity index (χ3v) is 6.86. The van der Waals surface area contributed by atoms with Crippen LogP contribution in [0.25, 0.3) is 5.69 Å². The van der Waals surface area contributed by atoms with Crippen molar-refractivity contribution in [3.63, 3.8) is 0 Å². The van der Waals surface area contributed by atoms with E-state index in [0.717, 1.165) is 23.1 Å². The molecule has 1 amide bonds. The molecule has 1 heterocycles.